The van der Waals surface area contributed by atoms with Gasteiger partial charge in [-0.15, -0.1) is 0 Å². The second-order valence-electron chi connectivity index (χ2n) is 23.8. The number of hydrogen-bond donors (Lipinski definition) is 1. The quantitative estimate of drug-likeness (QED) is 0.0278. The summed E-state index contributed by atoms with van der Waals surface area (Å²) >= 11 is 0. The predicted molar refractivity (Wildman–Crippen MR) is 314 cm³/mol. The van der Waals surface area contributed by atoms with E-state index in [1.165, 1.54) is 276 Å². The lowest BCUT2D eigenvalue weighted by molar-refractivity contribution is -0.870. The van der Waals surface area contributed by atoms with Crippen molar-refractivity contribution in [3.63, 3.8) is 0 Å². The Hall–Kier alpha value is -1.71. The number of carbonyl (C=O) groups excluding carboxylic acids is 2. The minimum Gasteiger partial charge on any atom is -0.477 e. The molecule has 0 saturated carbocycles. The van der Waals surface area contributed by atoms with Crippen molar-refractivity contribution in [1.29, 1.82) is 0 Å². The van der Waals surface area contributed by atoms with Crippen LogP contribution < -0.4 is 0 Å². The molecule has 0 bridgehead atoms. The molecule has 2 unspecified atom stereocenters. The van der Waals surface area contributed by atoms with Crippen LogP contribution in [0.4, 0.5) is 0 Å². The van der Waals surface area contributed by atoms with Gasteiger partial charge in [0.15, 0.2) is 6.10 Å². The standard InChI is InChI=1S/C65H127NO8/c1-6-8-10-12-14-16-18-20-22-24-26-27-28-29-30-31-32-33-34-35-36-37-38-40-42-44-46-48-50-52-54-56-63(68)74-61(60-73-65(64(69)70)71-58-57-66(3,4)5)59-72-62(67)55-53-51-49-47-45-43-41-39-25-23-21-19-17-15-13-11-9-7-2/h61,65H,6-60H2,1-5H3/p+1. The second kappa shape index (κ2) is 57.5. The lowest BCUT2D eigenvalue weighted by atomic mass is 10.0. The van der Waals surface area contributed by atoms with Crippen molar-refractivity contribution < 1.29 is 42.9 Å². The van der Waals surface area contributed by atoms with Crippen LogP contribution in [0.2, 0.25) is 0 Å². The molecular weight excluding hydrogens is 923 g/mol. The van der Waals surface area contributed by atoms with E-state index in [1.54, 1.807) is 0 Å². The number of hydrogen-bond acceptors (Lipinski definition) is 7. The molecule has 1 N–H and O–H groups in total. The summed E-state index contributed by atoms with van der Waals surface area (Å²) < 4.78 is 23.0. The zero-order valence-electron chi connectivity index (χ0n) is 50.3. The zero-order chi connectivity index (χ0) is 54.1. The molecule has 9 nitrogen and oxygen atoms in total. The number of aliphatic carboxylic acids is 1. The first kappa shape index (κ1) is 72.3. The lowest BCUT2D eigenvalue weighted by Gasteiger charge is -2.25. The predicted octanol–water partition coefficient (Wildman–Crippen LogP) is 19.5. The molecule has 0 aliphatic rings. The lowest BCUT2D eigenvalue weighted by Crippen LogP contribution is -2.40. The van der Waals surface area contributed by atoms with Gasteiger partial charge in [0.1, 0.15) is 13.2 Å². The van der Waals surface area contributed by atoms with Gasteiger partial charge in [0.25, 0.3) is 6.29 Å². The molecule has 74 heavy (non-hydrogen) atoms. The third-order valence-corrected chi connectivity index (χ3v) is 15.1. The van der Waals surface area contributed by atoms with Gasteiger partial charge in [-0.3, -0.25) is 9.59 Å². The van der Waals surface area contributed by atoms with E-state index in [-0.39, 0.29) is 38.2 Å². The number of carbonyl (C=O) groups is 3. The molecule has 0 fully saturated rings. The molecule has 0 amide bonds. The Morgan fingerprint density at radius 2 is 0.608 bits per heavy atom. The summed E-state index contributed by atoms with van der Waals surface area (Å²) in [5, 5.41) is 9.72. The molecule has 0 saturated heterocycles. The maximum Gasteiger partial charge on any atom is 0.361 e. The van der Waals surface area contributed by atoms with Crippen molar-refractivity contribution in [2.45, 2.75) is 354 Å². The van der Waals surface area contributed by atoms with Crippen molar-refractivity contribution in [1.82, 2.24) is 0 Å². The Labute approximate surface area is 460 Å². The summed E-state index contributed by atoms with van der Waals surface area (Å²) in [5.41, 5.74) is 0. The van der Waals surface area contributed by atoms with Gasteiger partial charge in [0.05, 0.1) is 34.4 Å². The van der Waals surface area contributed by atoms with Crippen LogP contribution in [-0.2, 0) is 33.3 Å². The highest BCUT2D eigenvalue weighted by molar-refractivity contribution is 5.71. The Morgan fingerprint density at radius 3 is 0.865 bits per heavy atom. The fourth-order valence-electron chi connectivity index (χ4n) is 10.1. The first-order valence-corrected chi connectivity index (χ1v) is 32.7. The summed E-state index contributed by atoms with van der Waals surface area (Å²) in [5.74, 6) is -1.97. The Balaban J connectivity index is 4.04. The number of likely N-dealkylation sites (N-methyl/N-ethyl adjacent to an activating group) is 1. The second-order valence-corrected chi connectivity index (χ2v) is 23.8. The molecule has 0 rings (SSSR count). The zero-order valence-corrected chi connectivity index (χ0v) is 50.3. The van der Waals surface area contributed by atoms with Gasteiger partial charge in [-0.1, -0.05) is 316 Å². The number of carboxylic acid groups (broad SMARTS) is 1. The molecule has 0 aromatic heterocycles. The molecule has 0 heterocycles. The van der Waals surface area contributed by atoms with Crippen LogP contribution >= 0.6 is 0 Å². The van der Waals surface area contributed by atoms with Gasteiger partial charge < -0.3 is 28.5 Å². The highest BCUT2D eigenvalue weighted by Gasteiger charge is 2.25. The maximum atomic E-state index is 12.9. The van der Waals surface area contributed by atoms with Gasteiger partial charge in [-0.05, 0) is 12.8 Å². The fourth-order valence-corrected chi connectivity index (χ4v) is 10.1. The van der Waals surface area contributed by atoms with Crippen LogP contribution in [0, 0.1) is 0 Å². The number of ether oxygens (including phenoxy) is 4. The number of carboxylic acids is 1. The van der Waals surface area contributed by atoms with Crippen LogP contribution in [0.15, 0.2) is 0 Å². The van der Waals surface area contributed by atoms with E-state index in [0.717, 1.165) is 38.5 Å². The van der Waals surface area contributed by atoms with Crippen molar-refractivity contribution >= 4 is 17.9 Å². The SMILES string of the molecule is CCCCCCCCCCCCCCCCCCCCCCCCCCCCCCCCCC(=O)OC(COC(=O)CCCCCCCCCCCCCCCCCCCC)COC(OCC[N+](C)(C)C)C(=O)O. The minimum absolute atomic E-state index is 0.172. The average Bonchev–Trinajstić information content (AvgIpc) is 3.37. The van der Waals surface area contributed by atoms with Crippen LogP contribution in [0.25, 0.3) is 0 Å². The number of nitrogens with zero attached hydrogens (tertiary/aromatic N) is 1. The molecule has 0 spiro atoms. The van der Waals surface area contributed by atoms with Gasteiger partial charge in [0.2, 0.25) is 0 Å². The normalized spacial score (nSPS) is 12.6. The van der Waals surface area contributed by atoms with Crippen molar-refractivity contribution in [3.05, 3.63) is 0 Å². The summed E-state index contributed by atoms with van der Waals surface area (Å²) in [6.45, 7) is 4.96. The van der Waals surface area contributed by atoms with E-state index in [1.807, 2.05) is 21.1 Å². The fraction of sp³-hybridized carbons (Fsp3) is 0.954. The molecule has 0 aromatic rings. The molecular formula is C65H128NO8+. The van der Waals surface area contributed by atoms with Gasteiger partial charge in [-0.25, -0.2) is 4.79 Å². The Bertz CT molecular complexity index is 1180. The number of unbranched alkanes of at least 4 members (excludes halogenated alkanes) is 47. The molecule has 0 radical (unpaired) electrons. The largest absolute Gasteiger partial charge is 0.477 e. The van der Waals surface area contributed by atoms with Crippen molar-refractivity contribution in [2.24, 2.45) is 0 Å². The Morgan fingerprint density at radius 1 is 0.351 bits per heavy atom. The number of quaternary nitrogens is 1. The van der Waals surface area contributed by atoms with Crippen molar-refractivity contribution in [2.75, 3.05) is 47.5 Å². The van der Waals surface area contributed by atoms with E-state index in [9.17, 15) is 19.5 Å². The first-order chi connectivity index (χ1) is 36.1. The van der Waals surface area contributed by atoms with Crippen LogP contribution in [0.3, 0.4) is 0 Å². The van der Waals surface area contributed by atoms with Crippen LogP contribution in [-0.4, -0.2) is 87.4 Å². The number of rotatable bonds is 62. The highest BCUT2D eigenvalue weighted by atomic mass is 16.7. The minimum atomic E-state index is -1.50. The molecule has 0 aromatic carbocycles. The summed E-state index contributed by atoms with van der Waals surface area (Å²) in [6, 6.07) is 0. The summed E-state index contributed by atoms with van der Waals surface area (Å²) in [4.78, 5) is 37.5. The highest BCUT2D eigenvalue weighted by Crippen LogP contribution is 2.19. The average molecular weight is 1050 g/mol. The molecule has 440 valence electrons. The van der Waals surface area contributed by atoms with Crippen LogP contribution in [0.5, 0.6) is 0 Å². The summed E-state index contributed by atoms with van der Waals surface area (Å²) in [6.07, 6.45) is 63.5. The molecule has 2 atom stereocenters. The molecule has 0 aliphatic heterocycles. The van der Waals surface area contributed by atoms with E-state index in [2.05, 4.69) is 13.8 Å². The molecule has 0 aliphatic carbocycles. The number of esters is 2. The van der Waals surface area contributed by atoms with Crippen LogP contribution in [0.1, 0.15) is 341 Å². The van der Waals surface area contributed by atoms with Gasteiger partial charge >= 0.3 is 17.9 Å². The maximum absolute atomic E-state index is 12.9. The van der Waals surface area contributed by atoms with E-state index >= 15 is 0 Å². The summed E-state index contributed by atoms with van der Waals surface area (Å²) in [7, 11) is 5.99. The van der Waals surface area contributed by atoms with E-state index in [4.69, 9.17) is 18.9 Å². The topological polar surface area (TPSA) is 108 Å². The third kappa shape index (κ3) is 58.0. The third-order valence-electron chi connectivity index (χ3n) is 15.1. The van der Waals surface area contributed by atoms with E-state index in [0.29, 0.717) is 17.4 Å². The van der Waals surface area contributed by atoms with Gasteiger partial charge in [-0.2, -0.15) is 0 Å². The molecule has 9 heteroatoms. The van der Waals surface area contributed by atoms with Crippen molar-refractivity contribution in [3.8, 4) is 0 Å². The monoisotopic (exact) mass is 1050 g/mol. The smallest absolute Gasteiger partial charge is 0.361 e. The van der Waals surface area contributed by atoms with E-state index < -0.39 is 18.4 Å². The van der Waals surface area contributed by atoms with Gasteiger partial charge in [0, 0.05) is 12.8 Å². The first-order valence-electron chi connectivity index (χ1n) is 32.7. The Kier molecular flexibility index (Phi) is 56.1.